The van der Waals surface area contributed by atoms with Gasteiger partial charge < -0.3 is 16.0 Å². The van der Waals surface area contributed by atoms with Gasteiger partial charge in [0.25, 0.3) is 0 Å². The van der Waals surface area contributed by atoms with Crippen LogP contribution in [-0.2, 0) is 17.9 Å². The Balaban J connectivity index is 1.13. The average molecular weight is 611 g/mol. The van der Waals surface area contributed by atoms with Crippen LogP contribution in [0, 0.1) is 12.8 Å². The first-order chi connectivity index (χ1) is 21.4. The van der Waals surface area contributed by atoms with Crippen LogP contribution in [0.2, 0.25) is 0 Å². The largest absolute Gasteiger partial charge is 0.379 e. The van der Waals surface area contributed by atoms with Crippen molar-refractivity contribution in [1.82, 2.24) is 44.1 Å². The highest BCUT2D eigenvalue weighted by molar-refractivity contribution is 7.10. The molecule has 0 saturated carbocycles. The van der Waals surface area contributed by atoms with E-state index in [0.717, 1.165) is 58.6 Å². The Bertz CT molecular complexity index is 1770. The van der Waals surface area contributed by atoms with E-state index in [9.17, 15) is 4.79 Å². The monoisotopic (exact) mass is 610 g/mol. The normalized spacial score (nSPS) is 16.4. The van der Waals surface area contributed by atoms with Crippen LogP contribution in [0.3, 0.4) is 0 Å². The number of fused-ring (bicyclic) bond motifs is 2. The molecule has 228 valence electrons. The van der Waals surface area contributed by atoms with E-state index < -0.39 is 0 Å². The van der Waals surface area contributed by atoms with Gasteiger partial charge in [-0.05, 0) is 48.6 Å². The van der Waals surface area contributed by atoms with Crippen molar-refractivity contribution in [2.45, 2.75) is 53.2 Å². The lowest BCUT2D eigenvalue weighted by molar-refractivity contribution is -0.121. The molecule has 0 bridgehead atoms. The molecule has 2 unspecified atom stereocenters. The van der Waals surface area contributed by atoms with Crippen LogP contribution in [0.4, 0.5) is 10.8 Å². The predicted molar refractivity (Wildman–Crippen MR) is 174 cm³/mol. The van der Waals surface area contributed by atoms with Gasteiger partial charge >= 0.3 is 0 Å². The molecule has 0 fully saturated rings. The van der Waals surface area contributed by atoms with Crippen molar-refractivity contribution in [3.8, 4) is 11.3 Å². The van der Waals surface area contributed by atoms with E-state index in [1.807, 2.05) is 60.4 Å². The first kappa shape index (κ1) is 29.5. The van der Waals surface area contributed by atoms with Gasteiger partial charge in [0.05, 0.1) is 41.2 Å². The van der Waals surface area contributed by atoms with E-state index >= 15 is 0 Å². The molecule has 5 heterocycles. The molecule has 3 N–H and O–H groups in total. The molecule has 1 aliphatic heterocycles. The zero-order valence-electron chi connectivity index (χ0n) is 25.5. The fraction of sp³-hybridized carbons (Fsp3) is 0.344. The summed E-state index contributed by atoms with van der Waals surface area (Å²) in [7, 11) is 0. The predicted octanol–water partition coefficient (Wildman–Crippen LogP) is 4.95. The number of amides is 1. The van der Waals surface area contributed by atoms with Gasteiger partial charge in [-0.15, -0.1) is 0 Å². The van der Waals surface area contributed by atoms with Gasteiger partial charge in [0.15, 0.2) is 11.5 Å². The van der Waals surface area contributed by atoms with Gasteiger partial charge in [0.2, 0.25) is 5.91 Å². The third kappa shape index (κ3) is 6.66. The number of carbonyl (C=O) groups excluding carboxylic acids is 1. The number of anilines is 2. The van der Waals surface area contributed by atoms with Gasteiger partial charge in [-0.3, -0.25) is 18.8 Å². The topological polar surface area (TPSA) is 117 Å². The zero-order valence-corrected chi connectivity index (χ0v) is 26.3. The molecule has 0 radical (unpaired) electrons. The van der Waals surface area contributed by atoms with Crippen molar-refractivity contribution in [3.63, 3.8) is 0 Å². The van der Waals surface area contributed by atoms with Gasteiger partial charge in [-0.2, -0.15) is 9.47 Å². The summed E-state index contributed by atoms with van der Waals surface area (Å²) in [5.74, 6) is 1.16. The number of aryl methyl sites for hydroxylation is 1. The second-order valence-electron chi connectivity index (χ2n) is 11.3. The van der Waals surface area contributed by atoms with E-state index in [-0.39, 0.29) is 18.5 Å². The fourth-order valence-electron chi connectivity index (χ4n) is 5.32. The van der Waals surface area contributed by atoms with Crippen LogP contribution in [0.1, 0.15) is 38.6 Å². The Morgan fingerprint density at radius 2 is 2.11 bits per heavy atom. The SMILES string of the molecule is CCC(C)CN(CC)Cc1cc(Nc2nc(C)cn3c(-c4cnn(CC(=O)NC5=CNC6C=CC=CC6=C5)c4)cnc23)sn1. The molecule has 4 aromatic heterocycles. The van der Waals surface area contributed by atoms with Crippen LogP contribution in [0.5, 0.6) is 0 Å². The summed E-state index contributed by atoms with van der Waals surface area (Å²) >= 11 is 1.43. The summed E-state index contributed by atoms with van der Waals surface area (Å²) in [6.45, 7) is 11.7. The van der Waals surface area contributed by atoms with Crippen molar-refractivity contribution in [3.05, 3.63) is 90.1 Å². The molecule has 0 saturated heterocycles. The second-order valence-corrected chi connectivity index (χ2v) is 12.1. The summed E-state index contributed by atoms with van der Waals surface area (Å²) in [6.07, 6.45) is 20.5. The smallest absolute Gasteiger partial charge is 0.246 e. The van der Waals surface area contributed by atoms with Gasteiger partial charge in [-0.25, -0.2) is 9.97 Å². The lowest BCUT2D eigenvalue weighted by Gasteiger charge is -2.23. The standard InChI is InChI=1S/C32H38N10OS/c1-5-21(3)16-40(6-2)19-26-12-30(44-39-26)38-31-32-34-15-28(42(32)17-22(4)36-31)24-13-35-41(18-24)20-29(43)37-25-11-23-9-7-8-10-27(23)33-14-25/h7-15,17-18,21,27,33H,5-6,16,19-20H2,1-4H3,(H,36,38)(H,37,43). The quantitative estimate of drug-likeness (QED) is 0.206. The molecule has 4 aromatic rings. The van der Waals surface area contributed by atoms with Crippen LogP contribution >= 0.6 is 11.5 Å². The molecule has 1 aliphatic carbocycles. The first-order valence-electron chi connectivity index (χ1n) is 15.0. The molecular formula is C32H38N10OS. The number of hydrogen-bond donors (Lipinski definition) is 3. The van der Waals surface area contributed by atoms with Crippen molar-refractivity contribution in [1.29, 1.82) is 0 Å². The molecule has 0 spiro atoms. The summed E-state index contributed by atoms with van der Waals surface area (Å²) in [5.41, 5.74) is 6.13. The number of nitrogens with one attached hydrogen (secondary N) is 3. The van der Waals surface area contributed by atoms with Gasteiger partial charge in [-0.1, -0.05) is 51.5 Å². The van der Waals surface area contributed by atoms with E-state index in [1.54, 1.807) is 10.9 Å². The molecule has 1 amide bonds. The third-order valence-electron chi connectivity index (χ3n) is 7.83. The number of rotatable bonds is 12. The molecule has 2 aliphatic rings. The molecule has 12 heteroatoms. The Hall–Kier alpha value is -4.55. The Kier molecular flexibility index (Phi) is 8.71. The lowest BCUT2D eigenvalue weighted by atomic mass is 9.99. The van der Waals surface area contributed by atoms with Crippen LogP contribution < -0.4 is 16.0 Å². The van der Waals surface area contributed by atoms with Crippen LogP contribution in [0.15, 0.2) is 78.7 Å². The highest BCUT2D eigenvalue weighted by Crippen LogP contribution is 2.28. The maximum absolute atomic E-state index is 12.8. The number of aromatic nitrogens is 6. The maximum atomic E-state index is 12.8. The van der Waals surface area contributed by atoms with Crippen molar-refractivity contribution in [2.24, 2.45) is 5.92 Å². The molecular weight excluding hydrogens is 572 g/mol. The number of dihydropyridines is 1. The third-order valence-corrected chi connectivity index (χ3v) is 8.58. The van der Waals surface area contributed by atoms with Crippen molar-refractivity contribution < 1.29 is 4.79 Å². The van der Waals surface area contributed by atoms with E-state index in [4.69, 9.17) is 9.36 Å². The van der Waals surface area contributed by atoms with Gasteiger partial charge in [0, 0.05) is 37.2 Å². The maximum Gasteiger partial charge on any atom is 0.246 e. The fourth-order valence-corrected chi connectivity index (χ4v) is 5.98. The minimum atomic E-state index is -0.158. The number of imidazole rings is 1. The minimum absolute atomic E-state index is 0.0876. The number of allylic oxidation sites excluding steroid dienone is 3. The summed E-state index contributed by atoms with van der Waals surface area (Å²) in [5, 5.41) is 15.1. The zero-order chi connectivity index (χ0) is 30.6. The number of carbonyl (C=O) groups is 1. The average Bonchev–Trinajstić information content (AvgIpc) is 3.77. The number of nitrogens with zero attached hydrogens (tertiary/aromatic N) is 7. The van der Waals surface area contributed by atoms with Crippen molar-refractivity contribution in [2.75, 3.05) is 18.4 Å². The summed E-state index contributed by atoms with van der Waals surface area (Å²) in [4.78, 5) is 24.7. The molecule has 0 aromatic carbocycles. The Labute approximate surface area is 261 Å². The van der Waals surface area contributed by atoms with Crippen LogP contribution in [0.25, 0.3) is 16.9 Å². The summed E-state index contributed by atoms with van der Waals surface area (Å²) in [6, 6.07) is 2.24. The van der Waals surface area contributed by atoms with Gasteiger partial charge in [0.1, 0.15) is 11.5 Å². The molecule has 11 nitrogen and oxygen atoms in total. The molecule has 44 heavy (non-hydrogen) atoms. The Morgan fingerprint density at radius 3 is 2.95 bits per heavy atom. The van der Waals surface area contributed by atoms with E-state index in [2.05, 4.69) is 63.8 Å². The summed E-state index contributed by atoms with van der Waals surface area (Å²) < 4.78 is 8.33. The molecule has 2 atom stereocenters. The lowest BCUT2D eigenvalue weighted by Crippen LogP contribution is -2.33. The highest BCUT2D eigenvalue weighted by atomic mass is 32.1. The van der Waals surface area contributed by atoms with E-state index in [1.165, 1.54) is 18.0 Å². The first-order valence-corrected chi connectivity index (χ1v) is 15.8. The van der Waals surface area contributed by atoms with Crippen molar-refractivity contribution >= 4 is 33.9 Å². The highest BCUT2D eigenvalue weighted by Gasteiger charge is 2.18. The number of hydrogen-bond acceptors (Lipinski definition) is 9. The molecule has 6 rings (SSSR count). The minimum Gasteiger partial charge on any atom is -0.379 e. The van der Waals surface area contributed by atoms with Crippen LogP contribution in [-0.4, -0.2) is 58.5 Å². The Morgan fingerprint density at radius 1 is 1.23 bits per heavy atom. The second kappa shape index (κ2) is 13.0. The van der Waals surface area contributed by atoms with E-state index in [0.29, 0.717) is 17.4 Å².